The number of aromatic nitrogens is 2. The fourth-order valence-corrected chi connectivity index (χ4v) is 8.89. The zero-order valence-electron chi connectivity index (χ0n) is 32.1. The number of carbonyl (C=O) groups excluding carboxylic acids is 2. The normalized spacial score (nSPS) is 15.0. The molecular weight excluding hydrogens is 709 g/mol. The third-order valence-electron chi connectivity index (χ3n) is 9.93. The molecule has 0 fully saturated rings. The van der Waals surface area contributed by atoms with E-state index in [1.54, 1.807) is 21.6 Å². The largest absolute Gasteiger partial charge is 0.378 e. The van der Waals surface area contributed by atoms with E-state index < -0.39 is 0 Å². The van der Waals surface area contributed by atoms with Crippen LogP contribution in [0.4, 0.5) is 11.4 Å². The van der Waals surface area contributed by atoms with E-state index in [-0.39, 0.29) is 11.8 Å². The minimum absolute atomic E-state index is 0.0206. The van der Waals surface area contributed by atoms with Crippen molar-refractivity contribution in [3.05, 3.63) is 119 Å². The molecule has 10 heteroatoms. The Morgan fingerprint density at radius 1 is 0.611 bits per heavy atom. The van der Waals surface area contributed by atoms with Gasteiger partial charge in [-0.15, -0.1) is 0 Å². The van der Waals surface area contributed by atoms with Crippen LogP contribution in [0.2, 0.25) is 0 Å². The number of aryl methyl sites for hydroxylation is 2. The molecule has 0 bridgehead atoms. The molecule has 282 valence electrons. The molecule has 0 spiro atoms. The van der Waals surface area contributed by atoms with Crippen molar-refractivity contribution in [3.8, 4) is 0 Å². The zero-order chi connectivity index (χ0) is 37.9. The van der Waals surface area contributed by atoms with Gasteiger partial charge in [0.05, 0.1) is 0 Å². The highest BCUT2D eigenvalue weighted by Gasteiger charge is 2.21. The maximum absolute atomic E-state index is 12.7. The highest BCUT2D eigenvalue weighted by Crippen LogP contribution is 2.33. The molecule has 0 aliphatic heterocycles. The van der Waals surface area contributed by atoms with E-state index in [9.17, 15) is 9.59 Å². The molecule has 2 heterocycles. The summed E-state index contributed by atoms with van der Waals surface area (Å²) in [6.45, 7) is 1.85. The Kier molecular flexibility index (Phi) is 13.9. The van der Waals surface area contributed by atoms with Crippen molar-refractivity contribution < 1.29 is 18.7 Å². The summed E-state index contributed by atoms with van der Waals surface area (Å²) in [5.74, 6) is 1.66. The first-order valence-electron chi connectivity index (χ1n) is 19.0. The highest BCUT2D eigenvalue weighted by molar-refractivity contribution is 8.76. The van der Waals surface area contributed by atoms with Crippen molar-refractivity contribution in [2.45, 2.75) is 51.6 Å². The Labute approximate surface area is 329 Å². The minimum Gasteiger partial charge on any atom is -0.378 e. The first-order chi connectivity index (χ1) is 26.2. The number of carbonyl (C=O) groups is 2. The molecule has 0 unspecified atom stereocenters. The van der Waals surface area contributed by atoms with Gasteiger partial charge in [-0.1, -0.05) is 58.0 Å². The van der Waals surface area contributed by atoms with Gasteiger partial charge in [0.1, 0.15) is 0 Å². The van der Waals surface area contributed by atoms with Crippen LogP contribution >= 0.6 is 21.6 Å². The van der Waals surface area contributed by atoms with Gasteiger partial charge in [0, 0.05) is 87.4 Å². The van der Waals surface area contributed by atoms with E-state index in [0.717, 1.165) is 50.0 Å². The minimum atomic E-state index is 0.0206. The Balaban J connectivity index is 0.865. The molecule has 6 rings (SSSR count). The Morgan fingerprint density at radius 2 is 1.02 bits per heavy atom. The van der Waals surface area contributed by atoms with E-state index in [4.69, 9.17) is 0 Å². The van der Waals surface area contributed by atoms with Gasteiger partial charge in [-0.3, -0.25) is 9.59 Å². The lowest BCUT2D eigenvalue weighted by Crippen LogP contribution is -2.43. The van der Waals surface area contributed by atoms with Crippen LogP contribution in [0, 0.1) is 0 Å². The summed E-state index contributed by atoms with van der Waals surface area (Å²) in [5, 5.41) is 6.11. The quantitative estimate of drug-likeness (QED) is 0.0824. The van der Waals surface area contributed by atoms with Crippen LogP contribution in [0.15, 0.2) is 85.5 Å². The van der Waals surface area contributed by atoms with Crippen LogP contribution in [0.25, 0.3) is 23.3 Å². The summed E-state index contributed by atoms with van der Waals surface area (Å²) in [7, 11) is 11.7. The first kappa shape index (κ1) is 39.2. The molecule has 2 aliphatic rings. The molecule has 54 heavy (non-hydrogen) atoms. The maximum Gasteiger partial charge on any atom is 0.286 e. The van der Waals surface area contributed by atoms with Crippen LogP contribution < -0.4 is 29.6 Å². The number of nitrogens with zero attached hydrogens (tertiary/aromatic N) is 4. The predicted molar refractivity (Wildman–Crippen MR) is 227 cm³/mol. The SMILES string of the molecule is CN(C)c1ccc(C=C2CCCc3c[n+](CC(=O)NCCSSCCNC(=O)C[n+]4ccc5c(c4)CCCC5=Cc4ccc(N(C)C)cc4)ccc32)cc1. The molecule has 4 aromatic rings. The van der Waals surface area contributed by atoms with Crippen molar-refractivity contribution in [2.24, 2.45) is 0 Å². The van der Waals surface area contributed by atoms with Crippen molar-refractivity contribution in [3.63, 3.8) is 0 Å². The molecule has 0 saturated heterocycles. The third kappa shape index (κ3) is 11.0. The van der Waals surface area contributed by atoms with Gasteiger partial charge in [-0.2, -0.15) is 9.13 Å². The summed E-state index contributed by atoms with van der Waals surface area (Å²) in [5.41, 5.74) is 12.7. The van der Waals surface area contributed by atoms with Gasteiger partial charge in [0.15, 0.2) is 24.8 Å². The number of pyridine rings is 2. The average molecular weight is 763 g/mol. The molecule has 0 radical (unpaired) electrons. The molecule has 2 amide bonds. The van der Waals surface area contributed by atoms with Crippen LogP contribution in [0.5, 0.6) is 0 Å². The fourth-order valence-electron chi connectivity index (χ4n) is 7.07. The van der Waals surface area contributed by atoms with Crippen molar-refractivity contribution in [1.82, 2.24) is 10.6 Å². The Morgan fingerprint density at radius 3 is 1.41 bits per heavy atom. The van der Waals surface area contributed by atoms with Crippen LogP contribution in [-0.2, 0) is 35.5 Å². The van der Waals surface area contributed by atoms with E-state index in [0.29, 0.717) is 26.2 Å². The first-order valence-corrected chi connectivity index (χ1v) is 21.5. The summed E-state index contributed by atoms with van der Waals surface area (Å²) in [4.78, 5) is 29.6. The molecular formula is C44H54N6O2S2+2. The summed E-state index contributed by atoms with van der Waals surface area (Å²) < 4.78 is 3.99. The number of rotatable bonds is 15. The van der Waals surface area contributed by atoms with Gasteiger partial charge in [0.25, 0.3) is 11.8 Å². The monoisotopic (exact) mass is 762 g/mol. The average Bonchev–Trinajstić information content (AvgIpc) is 3.16. The van der Waals surface area contributed by atoms with Gasteiger partial charge < -0.3 is 20.4 Å². The number of hydrogen-bond donors (Lipinski definition) is 2. The Hall–Kier alpha value is -4.54. The lowest BCUT2D eigenvalue weighted by molar-refractivity contribution is -0.685. The summed E-state index contributed by atoms with van der Waals surface area (Å²) in [6, 6.07) is 21.7. The number of fused-ring (bicyclic) bond motifs is 2. The second-order valence-electron chi connectivity index (χ2n) is 14.5. The summed E-state index contributed by atoms with van der Waals surface area (Å²) >= 11 is 0. The van der Waals surface area contributed by atoms with E-state index in [2.05, 4.69) is 134 Å². The predicted octanol–water partition coefficient (Wildman–Crippen LogP) is 6.46. The van der Waals surface area contributed by atoms with Crippen molar-refractivity contribution >= 4 is 68.1 Å². The lowest BCUT2D eigenvalue weighted by Gasteiger charge is -2.18. The number of allylic oxidation sites excluding steroid dienone is 2. The van der Waals surface area contributed by atoms with Gasteiger partial charge in [-0.05, 0) is 96.2 Å². The fraction of sp³-hybridized carbons (Fsp3) is 0.364. The van der Waals surface area contributed by atoms with Gasteiger partial charge in [0.2, 0.25) is 13.1 Å². The molecule has 2 aromatic carbocycles. The number of hydrogen-bond acceptors (Lipinski definition) is 6. The third-order valence-corrected chi connectivity index (χ3v) is 12.3. The van der Waals surface area contributed by atoms with Crippen LogP contribution in [0.3, 0.4) is 0 Å². The van der Waals surface area contributed by atoms with Crippen molar-refractivity contribution in [1.29, 1.82) is 0 Å². The lowest BCUT2D eigenvalue weighted by atomic mass is 9.87. The van der Waals surface area contributed by atoms with Gasteiger partial charge >= 0.3 is 0 Å². The summed E-state index contributed by atoms with van der Waals surface area (Å²) in [6.07, 6.45) is 19.4. The molecule has 0 saturated carbocycles. The second kappa shape index (κ2) is 19.2. The maximum atomic E-state index is 12.7. The second-order valence-corrected chi connectivity index (χ2v) is 17.2. The molecule has 2 N–H and O–H groups in total. The Bertz CT molecular complexity index is 1830. The van der Waals surface area contributed by atoms with Crippen LogP contribution in [-0.4, -0.2) is 64.6 Å². The topological polar surface area (TPSA) is 72.4 Å². The van der Waals surface area contributed by atoms with E-state index in [1.165, 1.54) is 55.9 Å². The molecule has 2 aliphatic carbocycles. The smallest absolute Gasteiger partial charge is 0.286 e. The van der Waals surface area contributed by atoms with E-state index in [1.807, 2.05) is 21.5 Å². The standard InChI is InChI=1S/C44H52N6O2S2/c1-47(2)39-15-11-33(12-16-39)27-35-7-5-9-37-29-49(23-19-41(35)37)31-43(51)45-21-25-53-54-26-22-46-44(52)32-50-24-20-42-36(8-6-10-38(42)30-50)28-34-13-17-40(18-14-34)48(3)4/h11-20,23-24,27-30H,5-10,21-22,25-26,31-32H2,1-4H3/p+2. The van der Waals surface area contributed by atoms with Crippen molar-refractivity contribution in [2.75, 3.05) is 62.6 Å². The molecule has 0 atom stereocenters. The molecule has 8 nitrogen and oxygen atoms in total. The number of benzene rings is 2. The van der Waals surface area contributed by atoms with E-state index >= 15 is 0 Å². The number of amides is 2. The molecule has 2 aromatic heterocycles. The van der Waals surface area contributed by atoms with Crippen LogP contribution in [0.1, 0.15) is 59.1 Å². The number of anilines is 2. The number of nitrogens with one attached hydrogen (secondary N) is 2. The highest BCUT2D eigenvalue weighted by atomic mass is 33.1. The zero-order valence-corrected chi connectivity index (χ0v) is 33.8. The van der Waals surface area contributed by atoms with Gasteiger partial charge in [-0.25, -0.2) is 0 Å².